The van der Waals surface area contributed by atoms with Crippen molar-refractivity contribution in [2.24, 2.45) is 10.9 Å². The summed E-state index contributed by atoms with van der Waals surface area (Å²) in [6.45, 7) is 5.56. The minimum atomic E-state index is 0. The van der Waals surface area contributed by atoms with E-state index in [1.165, 1.54) is 24.8 Å². The number of nitrogens with one attached hydrogen (secondary N) is 2. The first kappa shape index (κ1) is 22.0. The quantitative estimate of drug-likeness (QED) is 0.371. The molecule has 6 heteroatoms. The third kappa shape index (κ3) is 6.09. The molecule has 3 rings (SSSR count). The number of piperidine rings is 1. The van der Waals surface area contributed by atoms with Crippen molar-refractivity contribution in [1.82, 2.24) is 15.5 Å². The molecule has 0 aromatic heterocycles. The van der Waals surface area contributed by atoms with Crippen molar-refractivity contribution < 1.29 is 4.79 Å². The van der Waals surface area contributed by atoms with E-state index in [-0.39, 0.29) is 35.3 Å². The first-order valence-corrected chi connectivity index (χ1v) is 9.91. The zero-order chi connectivity index (χ0) is 18.4. The highest BCUT2D eigenvalue weighted by Crippen LogP contribution is 2.47. The molecule has 1 unspecified atom stereocenters. The highest BCUT2D eigenvalue weighted by atomic mass is 127. The van der Waals surface area contributed by atoms with Crippen molar-refractivity contribution in [1.29, 1.82) is 0 Å². The number of halogens is 1. The average molecular weight is 484 g/mol. The van der Waals surface area contributed by atoms with Crippen molar-refractivity contribution in [3.63, 3.8) is 0 Å². The summed E-state index contributed by atoms with van der Waals surface area (Å²) in [5.74, 6) is 1.66. The predicted molar refractivity (Wildman–Crippen MR) is 122 cm³/mol. The fourth-order valence-corrected chi connectivity index (χ4v) is 3.85. The number of likely N-dealkylation sites (tertiary alicyclic amines) is 1. The van der Waals surface area contributed by atoms with Gasteiger partial charge in [-0.25, -0.2) is 0 Å². The van der Waals surface area contributed by atoms with Crippen LogP contribution in [0.5, 0.6) is 0 Å². The van der Waals surface area contributed by atoms with Gasteiger partial charge in [-0.15, -0.1) is 24.0 Å². The number of nitrogens with zero attached hydrogens (tertiary/aromatic N) is 2. The van der Waals surface area contributed by atoms with Crippen LogP contribution in [0, 0.1) is 5.92 Å². The number of benzene rings is 1. The molecule has 5 nitrogen and oxygen atoms in total. The van der Waals surface area contributed by atoms with Crippen LogP contribution in [0.4, 0.5) is 0 Å². The van der Waals surface area contributed by atoms with Crippen molar-refractivity contribution in [3.05, 3.63) is 35.9 Å². The summed E-state index contributed by atoms with van der Waals surface area (Å²) in [7, 11) is 1.78. The van der Waals surface area contributed by atoms with Gasteiger partial charge in [0.2, 0.25) is 5.91 Å². The van der Waals surface area contributed by atoms with Crippen LogP contribution < -0.4 is 10.6 Å². The molecule has 1 aliphatic carbocycles. The van der Waals surface area contributed by atoms with E-state index in [1.807, 2.05) is 4.90 Å². The number of amides is 1. The van der Waals surface area contributed by atoms with Gasteiger partial charge in [-0.1, -0.05) is 37.3 Å². The third-order valence-electron chi connectivity index (χ3n) is 5.70. The van der Waals surface area contributed by atoms with Gasteiger partial charge in [0.15, 0.2) is 5.96 Å². The minimum Gasteiger partial charge on any atom is -0.356 e. The first-order chi connectivity index (χ1) is 12.6. The number of carbonyl (C=O) groups is 1. The third-order valence-corrected chi connectivity index (χ3v) is 5.70. The molecule has 1 saturated carbocycles. The van der Waals surface area contributed by atoms with Gasteiger partial charge in [0, 0.05) is 45.1 Å². The first-order valence-electron chi connectivity index (χ1n) is 9.91. The average Bonchev–Trinajstić information content (AvgIpc) is 3.46. The topological polar surface area (TPSA) is 56.7 Å². The Morgan fingerprint density at radius 3 is 2.63 bits per heavy atom. The maximum absolute atomic E-state index is 12.4. The lowest BCUT2D eigenvalue weighted by molar-refractivity contribution is -0.132. The Labute approximate surface area is 180 Å². The van der Waals surface area contributed by atoms with Gasteiger partial charge in [-0.2, -0.15) is 0 Å². The van der Waals surface area contributed by atoms with Gasteiger partial charge >= 0.3 is 0 Å². The van der Waals surface area contributed by atoms with Gasteiger partial charge in [0.25, 0.3) is 0 Å². The predicted octanol–water partition coefficient (Wildman–Crippen LogP) is 3.15. The van der Waals surface area contributed by atoms with Crippen LogP contribution in [0.1, 0.15) is 44.6 Å². The molecule has 0 spiro atoms. The molecular weight excluding hydrogens is 451 g/mol. The van der Waals surface area contributed by atoms with Crippen LogP contribution in [-0.2, 0) is 10.2 Å². The van der Waals surface area contributed by atoms with Crippen LogP contribution in [0.15, 0.2) is 35.3 Å². The normalized spacial score (nSPS) is 21.2. The highest BCUT2D eigenvalue weighted by molar-refractivity contribution is 14.0. The lowest BCUT2D eigenvalue weighted by Gasteiger charge is -2.31. The second kappa shape index (κ2) is 10.3. The molecule has 1 aromatic carbocycles. The van der Waals surface area contributed by atoms with Gasteiger partial charge in [-0.05, 0) is 37.2 Å². The maximum Gasteiger partial charge on any atom is 0.224 e. The second-order valence-electron chi connectivity index (χ2n) is 7.84. The van der Waals surface area contributed by atoms with E-state index >= 15 is 0 Å². The van der Waals surface area contributed by atoms with E-state index in [0.29, 0.717) is 18.9 Å². The van der Waals surface area contributed by atoms with Crippen LogP contribution in [0.2, 0.25) is 0 Å². The van der Waals surface area contributed by atoms with Gasteiger partial charge < -0.3 is 15.5 Å². The Morgan fingerprint density at radius 1 is 1.26 bits per heavy atom. The summed E-state index contributed by atoms with van der Waals surface area (Å²) in [4.78, 5) is 18.7. The summed E-state index contributed by atoms with van der Waals surface area (Å²) < 4.78 is 0. The molecule has 0 radical (unpaired) electrons. The molecule has 150 valence electrons. The van der Waals surface area contributed by atoms with E-state index in [0.717, 1.165) is 32.0 Å². The number of hydrogen-bond acceptors (Lipinski definition) is 2. The lowest BCUT2D eigenvalue weighted by Crippen LogP contribution is -2.44. The molecule has 1 aromatic rings. The summed E-state index contributed by atoms with van der Waals surface area (Å²) in [5.41, 5.74) is 1.65. The summed E-state index contributed by atoms with van der Waals surface area (Å²) in [5, 5.41) is 6.74. The molecule has 1 saturated heterocycles. The number of carbonyl (C=O) groups excluding carboxylic acids is 1. The Balaban J connectivity index is 0.00000261. The Bertz CT molecular complexity index is 630. The second-order valence-corrected chi connectivity index (χ2v) is 7.84. The monoisotopic (exact) mass is 484 g/mol. The van der Waals surface area contributed by atoms with Crippen molar-refractivity contribution >= 4 is 35.8 Å². The molecule has 1 atom stereocenters. The molecule has 1 amide bonds. The lowest BCUT2D eigenvalue weighted by atomic mass is 9.96. The van der Waals surface area contributed by atoms with Crippen molar-refractivity contribution in [2.75, 3.05) is 33.2 Å². The Kier molecular flexibility index (Phi) is 8.38. The van der Waals surface area contributed by atoms with Crippen LogP contribution in [0.25, 0.3) is 0 Å². The van der Waals surface area contributed by atoms with E-state index < -0.39 is 0 Å². The van der Waals surface area contributed by atoms with Crippen LogP contribution in [-0.4, -0.2) is 50.0 Å². The van der Waals surface area contributed by atoms with Crippen molar-refractivity contribution in [3.8, 4) is 0 Å². The molecule has 2 N–H and O–H groups in total. The standard InChI is InChI=1S/C21H32N4O.HI/c1-17-7-6-14-25(15-17)19(26)10-13-23-20(22-2)24-16-21(11-12-21)18-8-4-3-5-9-18;/h3-5,8-9,17H,6-7,10-16H2,1-2H3,(H2,22,23,24);1H. The zero-order valence-electron chi connectivity index (χ0n) is 16.5. The molecular formula is C21H33IN4O. The van der Waals surface area contributed by atoms with Crippen LogP contribution in [0.3, 0.4) is 0 Å². The largest absolute Gasteiger partial charge is 0.356 e. The number of hydrogen-bond donors (Lipinski definition) is 2. The van der Waals surface area contributed by atoms with Crippen LogP contribution >= 0.6 is 24.0 Å². The summed E-state index contributed by atoms with van der Waals surface area (Å²) in [6.07, 6.45) is 5.32. The molecule has 2 aliphatic rings. The zero-order valence-corrected chi connectivity index (χ0v) is 18.9. The summed E-state index contributed by atoms with van der Waals surface area (Å²) in [6, 6.07) is 10.7. The molecule has 2 fully saturated rings. The van der Waals surface area contributed by atoms with E-state index in [4.69, 9.17) is 0 Å². The van der Waals surface area contributed by atoms with E-state index in [9.17, 15) is 4.79 Å². The highest BCUT2D eigenvalue weighted by Gasteiger charge is 2.43. The van der Waals surface area contributed by atoms with E-state index in [2.05, 4.69) is 52.9 Å². The molecule has 1 aliphatic heterocycles. The van der Waals surface area contributed by atoms with Gasteiger partial charge in [0.05, 0.1) is 0 Å². The Hall–Kier alpha value is -1.31. The van der Waals surface area contributed by atoms with Crippen molar-refractivity contribution in [2.45, 2.75) is 44.4 Å². The fraction of sp³-hybridized carbons (Fsp3) is 0.619. The minimum absolute atomic E-state index is 0. The number of rotatable bonds is 6. The molecule has 0 bridgehead atoms. The maximum atomic E-state index is 12.4. The molecule has 1 heterocycles. The summed E-state index contributed by atoms with van der Waals surface area (Å²) >= 11 is 0. The molecule has 27 heavy (non-hydrogen) atoms. The number of aliphatic imine (C=N–C) groups is 1. The van der Waals surface area contributed by atoms with Gasteiger partial charge in [-0.3, -0.25) is 9.79 Å². The Morgan fingerprint density at radius 2 is 2.00 bits per heavy atom. The smallest absolute Gasteiger partial charge is 0.224 e. The number of guanidine groups is 1. The fourth-order valence-electron chi connectivity index (χ4n) is 3.85. The SMILES string of the molecule is CN=C(NCCC(=O)N1CCCC(C)C1)NCC1(c2ccccc2)CC1.I. The van der Waals surface area contributed by atoms with E-state index in [1.54, 1.807) is 7.05 Å². The van der Waals surface area contributed by atoms with Gasteiger partial charge in [0.1, 0.15) is 0 Å².